The van der Waals surface area contributed by atoms with Gasteiger partial charge in [-0.15, -0.1) is 0 Å². The maximum atomic E-state index is 15.1. The van der Waals surface area contributed by atoms with E-state index in [2.05, 4.69) is 0 Å². The van der Waals surface area contributed by atoms with Crippen LogP contribution in [0.5, 0.6) is 5.75 Å². The highest BCUT2D eigenvalue weighted by molar-refractivity contribution is 5.96. The summed E-state index contributed by atoms with van der Waals surface area (Å²) in [5.41, 5.74) is 0.997. The molecule has 3 aliphatic rings. The van der Waals surface area contributed by atoms with Crippen molar-refractivity contribution >= 4 is 5.91 Å². The van der Waals surface area contributed by atoms with Crippen molar-refractivity contribution in [1.82, 2.24) is 9.58 Å². The van der Waals surface area contributed by atoms with E-state index in [9.17, 15) is 23.5 Å². The molecule has 3 aromatic rings. The van der Waals surface area contributed by atoms with E-state index in [1.165, 1.54) is 16.9 Å². The lowest BCUT2D eigenvalue weighted by Gasteiger charge is -2.54. The number of nitrogens with zero attached hydrogens (tertiary/aromatic N) is 3. The zero-order valence-corrected chi connectivity index (χ0v) is 18.8. The fraction of sp³-hybridized carbons (Fsp3) is 0.308. The molecule has 0 bridgehead atoms. The molecule has 0 spiro atoms. The monoisotopic (exact) mass is 481 g/mol. The van der Waals surface area contributed by atoms with Gasteiger partial charge in [0.05, 0.1) is 6.54 Å². The summed E-state index contributed by atoms with van der Waals surface area (Å²) < 4.78 is 43.7. The first-order valence-electron chi connectivity index (χ1n) is 11.5. The third-order valence-electron chi connectivity index (χ3n) is 7.72. The second-order valence-corrected chi connectivity index (χ2v) is 9.34. The Balaban J connectivity index is 1.71. The first kappa shape index (κ1) is 21.8. The number of alkyl halides is 2. The Kier molecular flexibility index (Phi) is 4.58. The predicted octanol–water partition coefficient (Wildman–Crippen LogP) is 3.37. The van der Waals surface area contributed by atoms with Crippen molar-refractivity contribution in [3.8, 4) is 5.75 Å². The zero-order valence-electron chi connectivity index (χ0n) is 18.8. The lowest BCUT2D eigenvalue weighted by Crippen LogP contribution is -2.68. The van der Waals surface area contributed by atoms with Crippen LogP contribution in [0, 0.1) is 11.7 Å². The van der Waals surface area contributed by atoms with E-state index in [-0.39, 0.29) is 17.4 Å². The molecule has 180 valence electrons. The molecule has 1 N–H and O–H groups in total. The number of carbonyl (C=O) groups excluding carboxylic acids is 1. The average Bonchev–Trinajstić information content (AvgIpc) is 3.31. The molecule has 0 fully saturated rings. The molecule has 0 saturated heterocycles. The van der Waals surface area contributed by atoms with Gasteiger partial charge in [0.25, 0.3) is 12.3 Å². The summed E-state index contributed by atoms with van der Waals surface area (Å²) >= 11 is 0. The lowest BCUT2D eigenvalue weighted by atomic mass is 9.81. The van der Waals surface area contributed by atoms with E-state index in [1.54, 1.807) is 18.0 Å². The fourth-order valence-corrected chi connectivity index (χ4v) is 6.45. The molecule has 1 aromatic heterocycles. The third-order valence-corrected chi connectivity index (χ3v) is 7.72. The minimum absolute atomic E-state index is 0.162. The van der Waals surface area contributed by atoms with Crippen LogP contribution in [0.15, 0.2) is 59.5 Å². The Labute approximate surface area is 198 Å². The maximum absolute atomic E-state index is 15.1. The first-order chi connectivity index (χ1) is 16.8. The van der Waals surface area contributed by atoms with Gasteiger partial charge >= 0.3 is 0 Å². The first-order valence-corrected chi connectivity index (χ1v) is 11.5. The van der Waals surface area contributed by atoms with Gasteiger partial charge in [0, 0.05) is 18.2 Å². The number of halogens is 3. The molecule has 2 aromatic carbocycles. The minimum atomic E-state index is -2.83. The van der Waals surface area contributed by atoms with E-state index in [1.807, 2.05) is 30.3 Å². The van der Waals surface area contributed by atoms with Gasteiger partial charge in [-0.3, -0.25) is 19.3 Å². The molecule has 6 nitrogen and oxygen atoms in total. The molecule has 6 rings (SSSR count). The lowest BCUT2D eigenvalue weighted by molar-refractivity contribution is 0.0269. The van der Waals surface area contributed by atoms with Crippen LogP contribution in [0.3, 0.4) is 0 Å². The molecular formula is C26H22F3N3O3. The highest BCUT2D eigenvalue weighted by atomic mass is 19.3. The van der Waals surface area contributed by atoms with Gasteiger partial charge in [0.2, 0.25) is 5.43 Å². The van der Waals surface area contributed by atoms with E-state index in [0.717, 1.165) is 22.1 Å². The van der Waals surface area contributed by atoms with Crippen molar-refractivity contribution in [3.63, 3.8) is 0 Å². The van der Waals surface area contributed by atoms with Gasteiger partial charge in [0.15, 0.2) is 11.4 Å². The summed E-state index contributed by atoms with van der Waals surface area (Å²) in [6, 6.07) is 13.7. The number of benzene rings is 2. The van der Waals surface area contributed by atoms with Gasteiger partial charge in [-0.25, -0.2) is 13.2 Å². The topological polar surface area (TPSA) is 65.8 Å². The molecule has 1 aliphatic heterocycles. The predicted molar refractivity (Wildman–Crippen MR) is 122 cm³/mol. The number of pyridine rings is 1. The number of amides is 1. The Morgan fingerprint density at radius 3 is 2.57 bits per heavy atom. The van der Waals surface area contributed by atoms with Crippen molar-refractivity contribution in [2.24, 2.45) is 5.92 Å². The van der Waals surface area contributed by atoms with Crippen LogP contribution < -0.4 is 10.4 Å². The second kappa shape index (κ2) is 7.37. The molecule has 3 atom stereocenters. The summed E-state index contributed by atoms with van der Waals surface area (Å²) in [4.78, 5) is 26.6. The van der Waals surface area contributed by atoms with Gasteiger partial charge < -0.3 is 10.0 Å². The number of aromatic hydroxyl groups is 1. The zero-order chi connectivity index (χ0) is 24.6. The van der Waals surface area contributed by atoms with Crippen LogP contribution in [0.2, 0.25) is 0 Å². The SMILES string of the molecule is CC1N(CC(F)F)C(=O)c2c(O)c(=O)ccn2N1C12c3ccccc3CC1Cc1c(F)cccc12. The summed E-state index contributed by atoms with van der Waals surface area (Å²) in [5, 5.41) is 12.4. The molecule has 1 amide bonds. The molecule has 9 heteroatoms. The largest absolute Gasteiger partial charge is 0.502 e. The summed E-state index contributed by atoms with van der Waals surface area (Å²) in [5.74, 6) is -2.17. The molecular weight excluding hydrogens is 459 g/mol. The minimum Gasteiger partial charge on any atom is -0.502 e. The molecule has 2 aliphatic carbocycles. The van der Waals surface area contributed by atoms with Crippen molar-refractivity contribution in [2.75, 3.05) is 11.6 Å². The van der Waals surface area contributed by atoms with Crippen LogP contribution in [0.1, 0.15) is 39.7 Å². The van der Waals surface area contributed by atoms with Crippen molar-refractivity contribution in [2.45, 2.75) is 37.9 Å². The molecule has 35 heavy (non-hydrogen) atoms. The number of rotatable bonds is 3. The second-order valence-electron chi connectivity index (χ2n) is 9.34. The van der Waals surface area contributed by atoms with Crippen LogP contribution in [0.4, 0.5) is 13.2 Å². The number of aromatic nitrogens is 1. The van der Waals surface area contributed by atoms with Crippen LogP contribution in [-0.2, 0) is 18.4 Å². The van der Waals surface area contributed by atoms with Crippen LogP contribution >= 0.6 is 0 Å². The van der Waals surface area contributed by atoms with E-state index < -0.39 is 41.8 Å². The Morgan fingerprint density at radius 1 is 1.06 bits per heavy atom. The third kappa shape index (κ3) is 2.72. The van der Waals surface area contributed by atoms with Crippen LogP contribution in [0.25, 0.3) is 0 Å². The molecule has 2 heterocycles. The Bertz CT molecular complexity index is 1440. The summed E-state index contributed by atoms with van der Waals surface area (Å²) in [6.45, 7) is 0.764. The smallest absolute Gasteiger partial charge is 0.278 e. The quantitative estimate of drug-likeness (QED) is 0.623. The van der Waals surface area contributed by atoms with Crippen molar-refractivity contribution < 1.29 is 23.1 Å². The van der Waals surface area contributed by atoms with Crippen molar-refractivity contribution in [1.29, 1.82) is 0 Å². The number of hydrogen-bond acceptors (Lipinski definition) is 4. The number of carbonyl (C=O) groups is 1. The molecule has 0 saturated carbocycles. The fourth-order valence-electron chi connectivity index (χ4n) is 6.45. The van der Waals surface area contributed by atoms with E-state index in [0.29, 0.717) is 24.0 Å². The normalized spacial score (nSPS) is 24.4. The highest BCUT2D eigenvalue weighted by Gasteiger charge is 2.60. The maximum Gasteiger partial charge on any atom is 0.278 e. The van der Waals surface area contributed by atoms with Gasteiger partial charge in [-0.2, -0.15) is 0 Å². The highest BCUT2D eigenvalue weighted by Crippen LogP contribution is 2.57. The van der Waals surface area contributed by atoms with Crippen LogP contribution in [-0.4, -0.2) is 39.7 Å². The van der Waals surface area contributed by atoms with Gasteiger partial charge in [0.1, 0.15) is 17.5 Å². The van der Waals surface area contributed by atoms with E-state index >= 15 is 4.39 Å². The average molecular weight is 481 g/mol. The molecule has 0 radical (unpaired) electrons. The Morgan fingerprint density at radius 2 is 1.80 bits per heavy atom. The van der Waals surface area contributed by atoms with E-state index in [4.69, 9.17) is 0 Å². The van der Waals surface area contributed by atoms with Crippen molar-refractivity contribution in [3.05, 3.63) is 98.7 Å². The number of fused-ring (bicyclic) bond motifs is 6. The molecule has 3 unspecified atom stereocenters. The van der Waals surface area contributed by atoms with Gasteiger partial charge in [-0.1, -0.05) is 36.4 Å². The van der Waals surface area contributed by atoms with Gasteiger partial charge in [-0.05, 0) is 48.1 Å². The standard InChI is InChI=1S/C26H22F3N3O3/c1-14-30(13-22(28)29)25(35)23-24(34)21(33)9-10-31(23)32(14)26-16(11-15-5-2-3-6-18(15)26)12-17-19(26)7-4-8-20(17)27/h2-10,14,16,22,34H,11-13H2,1H3. The number of hydrogen-bond donors (Lipinski definition) is 1. The Hall–Kier alpha value is -3.75. The summed E-state index contributed by atoms with van der Waals surface area (Å²) in [6.07, 6.45) is -1.30. The summed E-state index contributed by atoms with van der Waals surface area (Å²) in [7, 11) is 0.